The minimum Gasteiger partial charge on any atom is -0.484 e. The number of anilines is 1. The number of H-pyrrole nitrogens is 1. The Morgan fingerprint density at radius 2 is 1.68 bits per heavy atom. The summed E-state index contributed by atoms with van der Waals surface area (Å²) in [6, 6.07) is 11.2. The molecule has 6 rings (SSSR count). The third-order valence-electron chi connectivity index (χ3n) is 7.58. The number of para-hydroxylation sites is 1. The van der Waals surface area contributed by atoms with Crippen molar-refractivity contribution in [2.45, 2.75) is 41.6 Å². The van der Waals surface area contributed by atoms with Crippen LogP contribution in [0, 0.1) is 5.92 Å². The second kappa shape index (κ2) is 10.7. The number of hydrogen-bond acceptors (Lipinski definition) is 7. The highest BCUT2D eigenvalue weighted by Crippen LogP contribution is 2.54. The standard InChI is InChI=1S/C28H24F3N3O5S2/c29-28(30,31)17-6-2-3-7-18(17)34-25(36)21-20(22-24(32-27(38)41-22)40-23(21)26(34)37)15-8-10-16(11-9-15)39-14-19(35)33-12-4-1-5-13-33/h2-3,6-11,20-21,23H,1,4-5,12-14H2,(H,32,38)/t20-,21?,23?/m1/s1. The summed E-state index contributed by atoms with van der Waals surface area (Å²) in [7, 11) is 0. The molecule has 8 nitrogen and oxygen atoms in total. The van der Waals surface area contributed by atoms with E-state index in [9.17, 15) is 32.3 Å². The predicted octanol–water partition coefficient (Wildman–Crippen LogP) is 4.64. The molecule has 1 aromatic heterocycles. The third-order valence-corrected chi connectivity index (χ3v) is 9.99. The summed E-state index contributed by atoms with van der Waals surface area (Å²) >= 11 is 1.90. The number of hydrogen-bond donors (Lipinski definition) is 1. The van der Waals surface area contributed by atoms with Crippen molar-refractivity contribution in [3.63, 3.8) is 0 Å². The van der Waals surface area contributed by atoms with Gasteiger partial charge in [0.05, 0.1) is 22.2 Å². The number of benzene rings is 2. The zero-order chi connectivity index (χ0) is 28.9. The SMILES string of the molecule is O=C(COc1ccc([C@H]2c3sc(=O)[nH]c3SC3C(=O)N(c4ccccc4C(F)(F)F)C(=O)C32)cc1)N1CCCCC1. The Bertz CT molecular complexity index is 1560. The number of imide groups is 1. The molecule has 3 aliphatic rings. The normalized spacial score (nSPS) is 22.5. The number of thiazole rings is 1. The summed E-state index contributed by atoms with van der Waals surface area (Å²) < 4.78 is 47.1. The van der Waals surface area contributed by atoms with E-state index in [1.165, 1.54) is 12.1 Å². The summed E-state index contributed by atoms with van der Waals surface area (Å²) in [5.74, 6) is -2.97. The molecule has 2 fully saturated rings. The molecule has 0 saturated carbocycles. The van der Waals surface area contributed by atoms with Crippen LogP contribution in [0.5, 0.6) is 5.75 Å². The van der Waals surface area contributed by atoms with Crippen LogP contribution in [-0.4, -0.2) is 52.6 Å². The molecule has 2 saturated heterocycles. The molecular weight excluding hydrogens is 579 g/mol. The first kappa shape index (κ1) is 27.6. The molecule has 3 amide bonds. The van der Waals surface area contributed by atoms with E-state index in [1.807, 2.05) is 0 Å². The minimum atomic E-state index is -4.77. The summed E-state index contributed by atoms with van der Waals surface area (Å²) in [6.45, 7) is 1.30. The van der Waals surface area contributed by atoms with E-state index in [2.05, 4.69) is 4.98 Å². The molecule has 41 heavy (non-hydrogen) atoms. The number of carbonyl (C=O) groups is 3. The van der Waals surface area contributed by atoms with Crippen molar-refractivity contribution < 1.29 is 32.3 Å². The van der Waals surface area contributed by atoms with Gasteiger partial charge in [0.1, 0.15) is 11.0 Å². The van der Waals surface area contributed by atoms with Gasteiger partial charge in [0.2, 0.25) is 11.8 Å². The number of amides is 3. The number of likely N-dealkylation sites (tertiary alicyclic amines) is 1. The van der Waals surface area contributed by atoms with E-state index in [-0.39, 0.29) is 17.4 Å². The molecule has 0 spiro atoms. The van der Waals surface area contributed by atoms with Crippen LogP contribution in [0.3, 0.4) is 0 Å². The Balaban J connectivity index is 1.30. The van der Waals surface area contributed by atoms with Crippen LogP contribution in [0.1, 0.15) is 41.2 Å². The third kappa shape index (κ3) is 5.05. The van der Waals surface area contributed by atoms with Crippen LogP contribution >= 0.6 is 23.1 Å². The van der Waals surface area contributed by atoms with Crippen molar-refractivity contribution in [2.24, 2.45) is 5.92 Å². The monoisotopic (exact) mass is 603 g/mol. The Morgan fingerprint density at radius 3 is 2.39 bits per heavy atom. The smallest absolute Gasteiger partial charge is 0.418 e. The van der Waals surface area contributed by atoms with Crippen molar-refractivity contribution in [3.8, 4) is 5.75 Å². The minimum absolute atomic E-state index is 0.100. The number of carbonyl (C=O) groups excluding carboxylic acids is 3. The molecule has 4 heterocycles. The molecule has 0 radical (unpaired) electrons. The van der Waals surface area contributed by atoms with Crippen LogP contribution in [0.2, 0.25) is 0 Å². The van der Waals surface area contributed by atoms with Crippen molar-refractivity contribution >= 4 is 46.5 Å². The number of piperidine rings is 1. The fourth-order valence-electron chi connectivity index (χ4n) is 5.67. The van der Waals surface area contributed by atoms with Gasteiger partial charge in [0, 0.05) is 23.9 Å². The lowest BCUT2D eigenvalue weighted by molar-refractivity contribution is -0.137. The van der Waals surface area contributed by atoms with Crippen molar-refractivity contribution in [2.75, 3.05) is 24.6 Å². The molecule has 3 aliphatic heterocycles. The second-order valence-electron chi connectivity index (χ2n) is 10.1. The molecule has 13 heteroatoms. The Labute approximate surface area is 240 Å². The molecule has 1 N–H and O–H groups in total. The average molecular weight is 604 g/mol. The van der Waals surface area contributed by atoms with Gasteiger partial charge in [-0.15, -0.1) is 0 Å². The van der Waals surface area contributed by atoms with E-state index in [0.717, 1.165) is 54.5 Å². The maximum atomic E-state index is 13.8. The van der Waals surface area contributed by atoms with Gasteiger partial charge in [-0.2, -0.15) is 13.2 Å². The molecule has 2 unspecified atom stereocenters. The quantitative estimate of drug-likeness (QED) is 0.427. The number of alkyl halides is 3. The zero-order valence-corrected chi connectivity index (χ0v) is 23.1. The highest BCUT2D eigenvalue weighted by Gasteiger charge is 2.57. The molecule has 0 bridgehead atoms. The zero-order valence-electron chi connectivity index (χ0n) is 21.5. The van der Waals surface area contributed by atoms with Gasteiger partial charge in [0.15, 0.2) is 6.61 Å². The van der Waals surface area contributed by atoms with E-state index in [0.29, 0.717) is 39.2 Å². The maximum absolute atomic E-state index is 13.8. The highest BCUT2D eigenvalue weighted by molar-refractivity contribution is 8.00. The average Bonchev–Trinajstić information content (AvgIpc) is 3.46. The summed E-state index contributed by atoms with van der Waals surface area (Å²) in [5.41, 5.74) is -0.994. The van der Waals surface area contributed by atoms with Crippen LogP contribution < -0.4 is 14.5 Å². The van der Waals surface area contributed by atoms with Crippen molar-refractivity contribution in [1.82, 2.24) is 9.88 Å². The van der Waals surface area contributed by atoms with Crippen LogP contribution in [0.15, 0.2) is 58.4 Å². The number of nitrogens with one attached hydrogen (secondary N) is 1. The lowest BCUT2D eigenvalue weighted by Gasteiger charge is -2.30. The Kier molecular flexibility index (Phi) is 7.18. The number of aromatic amines is 1. The number of nitrogens with zero attached hydrogens (tertiary/aromatic N) is 2. The second-order valence-corrected chi connectivity index (χ2v) is 12.2. The largest absolute Gasteiger partial charge is 0.484 e. The van der Waals surface area contributed by atoms with Crippen molar-refractivity contribution in [3.05, 3.63) is 74.2 Å². The number of aromatic nitrogens is 1. The molecule has 3 aromatic rings. The predicted molar refractivity (Wildman–Crippen MR) is 146 cm³/mol. The number of fused-ring (bicyclic) bond motifs is 2. The van der Waals surface area contributed by atoms with Gasteiger partial charge in [-0.3, -0.25) is 19.2 Å². The van der Waals surface area contributed by atoms with Crippen molar-refractivity contribution in [1.29, 1.82) is 0 Å². The summed E-state index contributed by atoms with van der Waals surface area (Å²) in [6.07, 6.45) is -1.73. The van der Waals surface area contributed by atoms with Gasteiger partial charge >= 0.3 is 11.0 Å². The first-order valence-corrected chi connectivity index (χ1v) is 14.8. The van der Waals surface area contributed by atoms with Crippen LogP contribution in [-0.2, 0) is 20.6 Å². The molecule has 3 atom stereocenters. The summed E-state index contributed by atoms with van der Waals surface area (Å²) in [4.78, 5) is 57.4. The number of thioether (sulfide) groups is 1. The fraction of sp³-hybridized carbons (Fsp3) is 0.357. The van der Waals surface area contributed by atoms with Gasteiger partial charge in [-0.25, -0.2) is 4.90 Å². The number of halogens is 3. The molecule has 2 aromatic carbocycles. The first-order valence-electron chi connectivity index (χ1n) is 13.1. The Hall–Kier alpha value is -3.58. The molecular formula is C28H24F3N3O5S2. The fourth-order valence-corrected chi connectivity index (χ4v) is 8.19. The van der Waals surface area contributed by atoms with E-state index in [1.54, 1.807) is 29.2 Å². The van der Waals surface area contributed by atoms with Gasteiger partial charge in [0.25, 0.3) is 5.91 Å². The van der Waals surface area contributed by atoms with Gasteiger partial charge < -0.3 is 14.6 Å². The maximum Gasteiger partial charge on any atom is 0.418 e. The topological polar surface area (TPSA) is 99.8 Å². The van der Waals surface area contributed by atoms with Gasteiger partial charge in [-0.05, 0) is 49.1 Å². The van der Waals surface area contributed by atoms with Gasteiger partial charge in [-0.1, -0.05) is 47.4 Å². The van der Waals surface area contributed by atoms with E-state index < -0.39 is 46.3 Å². The number of ether oxygens (including phenoxy) is 1. The molecule has 0 aliphatic carbocycles. The van der Waals surface area contributed by atoms with E-state index in [4.69, 9.17) is 4.74 Å². The van der Waals surface area contributed by atoms with Crippen LogP contribution in [0.4, 0.5) is 18.9 Å². The van der Waals surface area contributed by atoms with E-state index >= 15 is 0 Å². The number of rotatable bonds is 5. The molecule has 214 valence electrons. The lowest BCUT2D eigenvalue weighted by atomic mass is 9.83. The summed E-state index contributed by atoms with van der Waals surface area (Å²) in [5, 5.41) is -0.601. The lowest BCUT2D eigenvalue weighted by Crippen LogP contribution is -2.38. The highest BCUT2D eigenvalue weighted by atomic mass is 32.2. The van der Waals surface area contributed by atoms with Crippen LogP contribution in [0.25, 0.3) is 0 Å². The first-order chi connectivity index (χ1) is 19.6. The Morgan fingerprint density at radius 1 is 0.976 bits per heavy atom.